The number of aliphatic hydroxyl groups is 2. The number of nitrogens with one attached hydrogen (secondary N) is 1. The van der Waals surface area contributed by atoms with E-state index >= 15 is 0 Å². The average Bonchev–Trinajstić information content (AvgIpc) is 2.16. The van der Waals surface area contributed by atoms with Crippen LogP contribution in [0, 0.1) is 0 Å². The van der Waals surface area contributed by atoms with Gasteiger partial charge in [0.05, 0.1) is 19.3 Å². The van der Waals surface area contributed by atoms with Gasteiger partial charge in [-0.1, -0.05) is 0 Å². The second-order valence-corrected chi connectivity index (χ2v) is 2.28. The first-order chi connectivity index (χ1) is 5.86. The Morgan fingerprint density at radius 1 is 1.25 bits per heavy atom. The predicted molar refractivity (Wildman–Crippen MR) is 43.6 cm³/mol. The maximum Gasteiger partial charge on any atom is 0.222 e. The van der Waals surface area contributed by atoms with E-state index in [2.05, 4.69) is 15.3 Å². The molecule has 12 heavy (non-hydrogen) atoms. The molecule has 0 bridgehead atoms. The molecule has 0 aliphatic rings. The van der Waals surface area contributed by atoms with Crippen LogP contribution in [0.3, 0.4) is 0 Å². The Morgan fingerprint density at radius 2 is 1.83 bits per heavy atom. The molecule has 66 valence electrons. The Balaban J connectivity index is 2.51. The van der Waals surface area contributed by atoms with Crippen molar-refractivity contribution in [3.05, 3.63) is 18.5 Å². The molecule has 1 aromatic rings. The minimum atomic E-state index is -0.396. The lowest BCUT2D eigenvalue weighted by atomic mass is 10.3. The summed E-state index contributed by atoms with van der Waals surface area (Å²) in [5, 5.41) is 20.2. The monoisotopic (exact) mass is 169 g/mol. The fraction of sp³-hybridized carbons (Fsp3) is 0.429. The number of aromatic nitrogens is 2. The van der Waals surface area contributed by atoms with Crippen LogP contribution in [0.25, 0.3) is 0 Å². The normalized spacial score (nSPS) is 10.2. The van der Waals surface area contributed by atoms with Gasteiger partial charge in [0.25, 0.3) is 0 Å². The van der Waals surface area contributed by atoms with Crippen LogP contribution in [0.5, 0.6) is 0 Å². The Bertz CT molecular complexity index is 213. The van der Waals surface area contributed by atoms with E-state index in [0.717, 1.165) is 0 Å². The molecule has 0 aliphatic heterocycles. The van der Waals surface area contributed by atoms with Crippen molar-refractivity contribution in [3.63, 3.8) is 0 Å². The van der Waals surface area contributed by atoms with Crippen molar-refractivity contribution < 1.29 is 10.2 Å². The Labute approximate surface area is 70.1 Å². The summed E-state index contributed by atoms with van der Waals surface area (Å²) in [6.07, 6.45) is 3.17. The summed E-state index contributed by atoms with van der Waals surface area (Å²) in [6.45, 7) is -0.288. The van der Waals surface area contributed by atoms with Crippen LogP contribution in [-0.4, -0.2) is 39.4 Å². The van der Waals surface area contributed by atoms with Crippen molar-refractivity contribution >= 4 is 5.95 Å². The molecule has 0 aromatic carbocycles. The first-order valence-electron chi connectivity index (χ1n) is 3.62. The maximum atomic E-state index is 8.71. The highest BCUT2D eigenvalue weighted by Gasteiger charge is 2.05. The van der Waals surface area contributed by atoms with Crippen molar-refractivity contribution in [1.29, 1.82) is 0 Å². The van der Waals surface area contributed by atoms with Gasteiger partial charge in [-0.3, -0.25) is 0 Å². The molecule has 0 fully saturated rings. The molecule has 0 spiro atoms. The van der Waals surface area contributed by atoms with Crippen LogP contribution in [-0.2, 0) is 0 Å². The van der Waals surface area contributed by atoms with Gasteiger partial charge in [0.2, 0.25) is 5.95 Å². The topological polar surface area (TPSA) is 78.3 Å². The number of nitrogens with zero attached hydrogens (tertiary/aromatic N) is 2. The summed E-state index contributed by atoms with van der Waals surface area (Å²) in [5.74, 6) is 0.408. The van der Waals surface area contributed by atoms with Gasteiger partial charge in [-0.2, -0.15) is 0 Å². The second kappa shape index (κ2) is 4.63. The number of hydrogen-bond acceptors (Lipinski definition) is 5. The summed E-state index contributed by atoms with van der Waals surface area (Å²) in [6, 6.07) is 1.30. The minimum absolute atomic E-state index is 0.144. The smallest absolute Gasteiger partial charge is 0.222 e. The Morgan fingerprint density at radius 3 is 2.33 bits per heavy atom. The molecule has 0 radical (unpaired) electrons. The van der Waals surface area contributed by atoms with E-state index in [0.29, 0.717) is 5.95 Å². The zero-order valence-corrected chi connectivity index (χ0v) is 6.51. The summed E-state index contributed by atoms with van der Waals surface area (Å²) < 4.78 is 0. The third kappa shape index (κ3) is 2.44. The van der Waals surface area contributed by atoms with Crippen molar-refractivity contribution in [1.82, 2.24) is 9.97 Å². The van der Waals surface area contributed by atoms with E-state index in [1.165, 1.54) is 0 Å². The fourth-order valence-electron chi connectivity index (χ4n) is 0.705. The average molecular weight is 169 g/mol. The summed E-state index contributed by atoms with van der Waals surface area (Å²) in [7, 11) is 0. The zero-order chi connectivity index (χ0) is 8.81. The number of hydrogen-bond donors (Lipinski definition) is 3. The first-order valence-corrected chi connectivity index (χ1v) is 3.62. The van der Waals surface area contributed by atoms with E-state index in [9.17, 15) is 0 Å². The molecule has 5 nitrogen and oxygen atoms in total. The second-order valence-electron chi connectivity index (χ2n) is 2.28. The molecule has 0 saturated carbocycles. The zero-order valence-electron chi connectivity index (χ0n) is 6.51. The Kier molecular flexibility index (Phi) is 3.43. The van der Waals surface area contributed by atoms with Gasteiger partial charge < -0.3 is 15.5 Å². The van der Waals surface area contributed by atoms with Crippen LogP contribution in [0.15, 0.2) is 18.5 Å². The molecular formula is C7H11N3O2. The van der Waals surface area contributed by atoms with Crippen molar-refractivity contribution in [2.75, 3.05) is 18.5 Å². The van der Waals surface area contributed by atoms with Gasteiger partial charge in [-0.15, -0.1) is 0 Å². The highest BCUT2D eigenvalue weighted by atomic mass is 16.3. The lowest BCUT2D eigenvalue weighted by molar-refractivity contribution is 0.203. The van der Waals surface area contributed by atoms with Gasteiger partial charge in [-0.25, -0.2) is 9.97 Å². The van der Waals surface area contributed by atoms with Crippen LogP contribution in [0.1, 0.15) is 0 Å². The summed E-state index contributed by atoms with van der Waals surface area (Å²) in [5.41, 5.74) is 0. The van der Waals surface area contributed by atoms with Crippen LogP contribution < -0.4 is 5.32 Å². The van der Waals surface area contributed by atoms with Gasteiger partial charge >= 0.3 is 0 Å². The lowest BCUT2D eigenvalue weighted by Crippen LogP contribution is -2.28. The van der Waals surface area contributed by atoms with Crippen molar-refractivity contribution in [3.8, 4) is 0 Å². The maximum absolute atomic E-state index is 8.71. The quantitative estimate of drug-likeness (QED) is 0.552. The van der Waals surface area contributed by atoms with Crippen molar-refractivity contribution in [2.45, 2.75) is 6.04 Å². The van der Waals surface area contributed by atoms with E-state index in [1.807, 2.05) is 0 Å². The molecule has 0 amide bonds. The fourth-order valence-corrected chi connectivity index (χ4v) is 0.705. The van der Waals surface area contributed by atoms with E-state index in [-0.39, 0.29) is 13.2 Å². The third-order valence-electron chi connectivity index (χ3n) is 1.34. The molecule has 0 atom stereocenters. The van der Waals surface area contributed by atoms with E-state index < -0.39 is 6.04 Å². The predicted octanol–water partition coefficient (Wildman–Crippen LogP) is -0.758. The molecule has 1 rings (SSSR count). The number of anilines is 1. The van der Waals surface area contributed by atoms with Crippen molar-refractivity contribution in [2.24, 2.45) is 0 Å². The molecule has 1 heterocycles. The number of rotatable bonds is 4. The third-order valence-corrected chi connectivity index (χ3v) is 1.34. The molecule has 0 saturated heterocycles. The summed E-state index contributed by atoms with van der Waals surface area (Å²) in [4.78, 5) is 7.74. The van der Waals surface area contributed by atoms with Crippen LogP contribution >= 0.6 is 0 Å². The molecule has 0 unspecified atom stereocenters. The van der Waals surface area contributed by atoms with Gasteiger partial charge in [0.15, 0.2) is 0 Å². The van der Waals surface area contributed by atoms with E-state index in [1.54, 1.807) is 18.5 Å². The molecule has 3 N–H and O–H groups in total. The largest absolute Gasteiger partial charge is 0.394 e. The highest BCUT2D eigenvalue weighted by molar-refractivity contribution is 5.23. The molecular weight excluding hydrogens is 158 g/mol. The molecule has 1 aromatic heterocycles. The van der Waals surface area contributed by atoms with E-state index in [4.69, 9.17) is 10.2 Å². The van der Waals surface area contributed by atoms with Gasteiger partial charge in [-0.05, 0) is 6.07 Å². The number of aliphatic hydroxyl groups excluding tert-OH is 2. The minimum Gasteiger partial charge on any atom is -0.394 e. The van der Waals surface area contributed by atoms with Gasteiger partial charge in [0, 0.05) is 12.4 Å². The van der Waals surface area contributed by atoms with Gasteiger partial charge in [0.1, 0.15) is 0 Å². The standard InChI is InChI=1S/C7H11N3O2/c11-4-6(5-12)10-7-8-2-1-3-9-7/h1-3,6,11-12H,4-5H2,(H,8,9,10). The molecule has 0 aliphatic carbocycles. The lowest BCUT2D eigenvalue weighted by Gasteiger charge is -2.11. The van der Waals surface area contributed by atoms with Crippen LogP contribution in [0.2, 0.25) is 0 Å². The summed E-state index contributed by atoms with van der Waals surface area (Å²) >= 11 is 0. The highest BCUT2D eigenvalue weighted by Crippen LogP contribution is 1.96. The Hall–Kier alpha value is -1.20. The molecule has 5 heteroatoms. The SMILES string of the molecule is OCC(CO)Nc1ncccn1. The first kappa shape index (κ1) is 8.89. The van der Waals surface area contributed by atoms with Crippen LogP contribution in [0.4, 0.5) is 5.95 Å².